The molecule has 0 bridgehead atoms. The molecule has 0 saturated carbocycles. The van der Waals surface area contributed by atoms with Gasteiger partial charge in [-0.05, 0) is 44.9 Å². The number of nitriles is 1. The number of aliphatic hydroxyl groups excluding tert-OH is 1. The highest BCUT2D eigenvalue weighted by atomic mass is 16.5. The quantitative estimate of drug-likeness (QED) is 0.302. The molecule has 2 atom stereocenters. The van der Waals surface area contributed by atoms with Crippen LogP contribution in [0.4, 0.5) is 0 Å². The topological polar surface area (TPSA) is 108 Å². The average molecular weight is 447 g/mol. The number of ketones is 1. The van der Waals surface area contributed by atoms with E-state index in [1.165, 1.54) is 6.92 Å². The normalized spacial score (nSPS) is 18.2. The summed E-state index contributed by atoms with van der Waals surface area (Å²) in [5, 5.41) is 20.1. The summed E-state index contributed by atoms with van der Waals surface area (Å²) >= 11 is 0. The van der Waals surface area contributed by atoms with E-state index in [-0.39, 0.29) is 30.7 Å². The van der Waals surface area contributed by atoms with E-state index in [0.29, 0.717) is 11.1 Å². The first-order chi connectivity index (χ1) is 15.7. The van der Waals surface area contributed by atoms with Crippen LogP contribution in [0.15, 0.2) is 59.7 Å². The largest absolute Gasteiger partial charge is 0.462 e. The van der Waals surface area contributed by atoms with Crippen molar-refractivity contribution in [2.24, 2.45) is 5.92 Å². The Morgan fingerprint density at radius 2 is 1.55 bits per heavy atom. The molecule has 1 aliphatic rings. The minimum absolute atomic E-state index is 0.0169. The molecule has 0 aromatic heterocycles. The lowest BCUT2D eigenvalue weighted by Gasteiger charge is -2.36. The third kappa shape index (κ3) is 5.18. The highest BCUT2D eigenvalue weighted by Crippen LogP contribution is 2.31. The summed E-state index contributed by atoms with van der Waals surface area (Å²) in [5.41, 5.74) is 3.02. The number of Topliss-reactive ketones (excluding diaryl/α,β-unsaturated/α-hetero) is 1. The number of aliphatic hydroxyl groups is 1. The van der Waals surface area contributed by atoms with E-state index in [0.717, 1.165) is 16.0 Å². The minimum Gasteiger partial charge on any atom is -0.462 e. The zero-order valence-corrected chi connectivity index (χ0v) is 18.9. The molecule has 0 aliphatic carbocycles. The van der Waals surface area contributed by atoms with Gasteiger partial charge in [0.15, 0.2) is 12.0 Å². The minimum atomic E-state index is -1.45. The molecule has 2 aromatic carbocycles. The molecule has 1 amide bonds. The van der Waals surface area contributed by atoms with Crippen LogP contribution in [-0.4, -0.2) is 47.0 Å². The number of amides is 1. The highest BCUT2D eigenvalue weighted by Gasteiger charge is 2.42. The Balaban J connectivity index is 1.70. The zero-order chi connectivity index (χ0) is 24.1. The molecule has 1 aliphatic heterocycles. The number of benzene rings is 2. The van der Waals surface area contributed by atoms with E-state index in [1.54, 1.807) is 36.4 Å². The number of rotatable bonds is 7. The molecule has 7 nitrogen and oxygen atoms in total. The second-order valence-corrected chi connectivity index (χ2v) is 8.13. The van der Waals surface area contributed by atoms with E-state index >= 15 is 0 Å². The fourth-order valence-electron chi connectivity index (χ4n) is 3.73. The molecule has 0 radical (unpaired) electrons. The van der Waals surface area contributed by atoms with Crippen molar-refractivity contribution in [3.05, 3.63) is 81.9 Å². The number of esters is 1. The number of hydrogen-bond donors (Lipinski definition) is 1. The Bertz CT molecular complexity index is 1130. The first-order valence-electron chi connectivity index (χ1n) is 10.7. The molecule has 3 rings (SSSR count). The SMILES string of the molecule is CC1=C(C#N)C(O)N(CCCOC(=O)c2ccc(C)cc2)C(=O)C1C(=O)c1ccc(C)cc1. The maximum atomic E-state index is 13.2. The van der Waals surface area contributed by atoms with Gasteiger partial charge in [0, 0.05) is 12.1 Å². The lowest BCUT2D eigenvalue weighted by molar-refractivity contribution is -0.142. The van der Waals surface area contributed by atoms with Crippen LogP contribution in [0.1, 0.15) is 45.2 Å². The molecule has 2 unspecified atom stereocenters. The van der Waals surface area contributed by atoms with Crippen LogP contribution in [0.25, 0.3) is 0 Å². The Morgan fingerprint density at radius 1 is 1.00 bits per heavy atom. The fraction of sp³-hybridized carbons (Fsp3) is 0.308. The Kier molecular flexibility index (Phi) is 7.41. The lowest BCUT2D eigenvalue weighted by atomic mass is 9.83. The van der Waals surface area contributed by atoms with Crippen LogP contribution < -0.4 is 0 Å². The van der Waals surface area contributed by atoms with Gasteiger partial charge in [-0.2, -0.15) is 5.26 Å². The van der Waals surface area contributed by atoms with Crippen molar-refractivity contribution in [3.63, 3.8) is 0 Å². The summed E-state index contributed by atoms with van der Waals surface area (Å²) in [6.45, 7) is 5.38. The van der Waals surface area contributed by atoms with Crippen molar-refractivity contribution in [1.29, 1.82) is 5.26 Å². The van der Waals surface area contributed by atoms with Gasteiger partial charge in [0.1, 0.15) is 5.92 Å². The summed E-state index contributed by atoms with van der Waals surface area (Å²) in [7, 11) is 0. The smallest absolute Gasteiger partial charge is 0.338 e. The Hall–Kier alpha value is -3.76. The van der Waals surface area contributed by atoms with Crippen LogP contribution in [0.2, 0.25) is 0 Å². The molecular formula is C26H26N2O5. The van der Waals surface area contributed by atoms with Crippen LogP contribution >= 0.6 is 0 Å². The second kappa shape index (κ2) is 10.2. The Morgan fingerprint density at radius 3 is 2.09 bits per heavy atom. The number of hydrogen-bond acceptors (Lipinski definition) is 6. The standard InChI is InChI=1S/C26H26N2O5/c1-16-5-9-19(10-6-16)23(29)22-18(3)21(15-27)24(30)28(25(22)31)13-4-14-33-26(32)20-11-7-17(2)8-12-20/h5-12,22,24,30H,4,13-14H2,1-3H3. The molecule has 33 heavy (non-hydrogen) atoms. The monoisotopic (exact) mass is 446 g/mol. The molecule has 1 heterocycles. The molecule has 170 valence electrons. The van der Waals surface area contributed by atoms with Gasteiger partial charge in [-0.1, -0.05) is 47.5 Å². The molecule has 7 heteroatoms. The van der Waals surface area contributed by atoms with Gasteiger partial charge in [0.2, 0.25) is 5.91 Å². The summed E-state index contributed by atoms with van der Waals surface area (Å²) in [5.74, 6) is -2.66. The molecule has 0 saturated heterocycles. The van der Waals surface area contributed by atoms with E-state index in [1.807, 2.05) is 32.0 Å². The van der Waals surface area contributed by atoms with E-state index < -0.39 is 29.8 Å². The van der Waals surface area contributed by atoms with Crippen molar-refractivity contribution in [2.75, 3.05) is 13.2 Å². The van der Waals surface area contributed by atoms with E-state index in [4.69, 9.17) is 4.74 Å². The number of carbonyl (C=O) groups excluding carboxylic acids is 3. The van der Waals surface area contributed by atoms with Gasteiger partial charge >= 0.3 is 5.97 Å². The highest BCUT2D eigenvalue weighted by molar-refractivity contribution is 6.13. The van der Waals surface area contributed by atoms with Crippen LogP contribution in [0.3, 0.4) is 0 Å². The molecule has 0 fully saturated rings. The second-order valence-electron chi connectivity index (χ2n) is 8.13. The number of nitrogens with zero attached hydrogens (tertiary/aromatic N) is 2. The molecular weight excluding hydrogens is 420 g/mol. The lowest BCUT2D eigenvalue weighted by Crippen LogP contribution is -2.51. The summed E-state index contributed by atoms with van der Waals surface area (Å²) < 4.78 is 5.26. The number of ether oxygens (including phenoxy) is 1. The van der Waals surface area contributed by atoms with E-state index in [2.05, 4.69) is 0 Å². The van der Waals surface area contributed by atoms with Crippen LogP contribution in [-0.2, 0) is 9.53 Å². The maximum absolute atomic E-state index is 13.2. The van der Waals surface area contributed by atoms with Gasteiger partial charge in [0.05, 0.1) is 23.8 Å². The van der Waals surface area contributed by atoms with Crippen molar-refractivity contribution in [1.82, 2.24) is 4.90 Å². The first kappa shape index (κ1) is 23.9. The summed E-state index contributed by atoms with van der Waals surface area (Å²) in [6.07, 6.45) is -1.21. The zero-order valence-electron chi connectivity index (χ0n) is 18.9. The van der Waals surface area contributed by atoms with Crippen molar-refractivity contribution in [2.45, 2.75) is 33.4 Å². The molecule has 0 spiro atoms. The van der Waals surface area contributed by atoms with Crippen LogP contribution in [0, 0.1) is 31.1 Å². The predicted octanol–water partition coefficient (Wildman–Crippen LogP) is 3.35. The fourth-order valence-corrected chi connectivity index (χ4v) is 3.73. The summed E-state index contributed by atoms with van der Waals surface area (Å²) in [6, 6.07) is 15.7. The Labute approximate surface area is 192 Å². The van der Waals surface area contributed by atoms with Crippen molar-refractivity contribution < 1.29 is 24.2 Å². The van der Waals surface area contributed by atoms with Crippen molar-refractivity contribution in [3.8, 4) is 6.07 Å². The van der Waals surface area contributed by atoms with Gasteiger partial charge in [-0.15, -0.1) is 0 Å². The van der Waals surface area contributed by atoms with Crippen molar-refractivity contribution >= 4 is 17.7 Å². The third-order valence-electron chi connectivity index (χ3n) is 5.72. The van der Waals surface area contributed by atoms with Gasteiger partial charge < -0.3 is 14.7 Å². The maximum Gasteiger partial charge on any atom is 0.338 e. The van der Waals surface area contributed by atoms with Gasteiger partial charge in [-0.25, -0.2) is 4.79 Å². The first-order valence-corrected chi connectivity index (χ1v) is 10.7. The van der Waals surface area contributed by atoms with Crippen LogP contribution in [0.5, 0.6) is 0 Å². The van der Waals surface area contributed by atoms with E-state index in [9.17, 15) is 24.8 Å². The summed E-state index contributed by atoms with van der Waals surface area (Å²) in [4.78, 5) is 39.5. The molecule has 1 N–H and O–H groups in total. The number of carbonyl (C=O) groups is 3. The predicted molar refractivity (Wildman–Crippen MR) is 121 cm³/mol. The third-order valence-corrected chi connectivity index (χ3v) is 5.72. The van der Waals surface area contributed by atoms with Gasteiger partial charge in [0.25, 0.3) is 0 Å². The number of aryl methyl sites for hydroxylation is 2. The van der Waals surface area contributed by atoms with Gasteiger partial charge in [-0.3, -0.25) is 9.59 Å². The average Bonchev–Trinajstić information content (AvgIpc) is 2.79. The molecule has 2 aromatic rings.